The predicted octanol–water partition coefficient (Wildman–Crippen LogP) is 4.00. The van der Waals surface area contributed by atoms with Gasteiger partial charge in [-0.25, -0.2) is 4.98 Å². The summed E-state index contributed by atoms with van der Waals surface area (Å²) < 4.78 is 0. The highest BCUT2D eigenvalue weighted by atomic mass is 16.3. The predicted molar refractivity (Wildman–Crippen MR) is 90.5 cm³/mol. The molecule has 3 rings (SSSR count). The van der Waals surface area contributed by atoms with Gasteiger partial charge in [0.15, 0.2) is 0 Å². The molecule has 0 saturated carbocycles. The van der Waals surface area contributed by atoms with Crippen LogP contribution in [-0.4, -0.2) is 16.3 Å². The summed E-state index contributed by atoms with van der Waals surface area (Å²) in [5, 5.41) is 14.9. The molecule has 22 heavy (non-hydrogen) atoms. The number of pyridine rings is 1. The quantitative estimate of drug-likeness (QED) is 0.566. The van der Waals surface area contributed by atoms with Crippen molar-refractivity contribution >= 4 is 22.8 Å². The van der Waals surface area contributed by atoms with Gasteiger partial charge in [-0.15, -0.1) is 0 Å². The number of fused-ring (bicyclic) bond motifs is 1. The second-order valence-electron chi connectivity index (χ2n) is 5.25. The van der Waals surface area contributed by atoms with Crippen LogP contribution in [0, 0.1) is 13.8 Å². The number of aryl methyl sites for hydroxylation is 2. The second-order valence-corrected chi connectivity index (χ2v) is 5.25. The highest BCUT2D eigenvalue weighted by molar-refractivity contribution is 5.88. The lowest BCUT2D eigenvalue weighted by Crippen LogP contribution is -1.94. The van der Waals surface area contributed by atoms with Crippen LogP contribution in [-0.2, 0) is 0 Å². The molecular formula is C18H17N3O. The number of phenols is 1. The van der Waals surface area contributed by atoms with Gasteiger partial charge in [-0.05, 0) is 49.2 Å². The molecule has 0 spiro atoms. The van der Waals surface area contributed by atoms with Crippen LogP contribution in [0.3, 0.4) is 0 Å². The third kappa shape index (κ3) is 2.91. The molecule has 1 heterocycles. The first-order chi connectivity index (χ1) is 10.6. The molecule has 0 atom stereocenters. The first-order valence-corrected chi connectivity index (χ1v) is 7.08. The number of anilines is 1. The number of para-hydroxylation sites is 1. The van der Waals surface area contributed by atoms with Gasteiger partial charge < -0.3 is 5.11 Å². The van der Waals surface area contributed by atoms with E-state index >= 15 is 0 Å². The molecule has 0 fully saturated rings. The van der Waals surface area contributed by atoms with Crippen LogP contribution in [0.1, 0.15) is 16.8 Å². The third-order valence-corrected chi connectivity index (χ3v) is 3.62. The number of aromatic nitrogens is 1. The van der Waals surface area contributed by atoms with Gasteiger partial charge >= 0.3 is 0 Å². The molecule has 0 bridgehead atoms. The molecule has 0 aliphatic carbocycles. The van der Waals surface area contributed by atoms with Gasteiger partial charge in [0.1, 0.15) is 11.3 Å². The van der Waals surface area contributed by atoms with Gasteiger partial charge in [-0.3, -0.25) is 5.43 Å². The molecule has 2 aromatic carbocycles. The molecule has 0 aliphatic heterocycles. The summed E-state index contributed by atoms with van der Waals surface area (Å²) in [6.45, 7) is 4.14. The smallest absolute Gasteiger partial charge is 0.141 e. The number of benzene rings is 2. The minimum atomic E-state index is 0.176. The van der Waals surface area contributed by atoms with Crippen molar-refractivity contribution in [2.45, 2.75) is 13.8 Å². The van der Waals surface area contributed by atoms with E-state index in [4.69, 9.17) is 0 Å². The van der Waals surface area contributed by atoms with E-state index in [9.17, 15) is 5.11 Å². The number of hydrogen-bond acceptors (Lipinski definition) is 4. The lowest BCUT2D eigenvalue weighted by atomic mass is 10.1. The molecule has 4 heteroatoms. The maximum absolute atomic E-state index is 9.83. The van der Waals surface area contributed by atoms with Crippen LogP contribution >= 0.6 is 0 Å². The third-order valence-electron chi connectivity index (χ3n) is 3.62. The molecule has 3 aromatic rings. The molecule has 4 nitrogen and oxygen atoms in total. The van der Waals surface area contributed by atoms with Crippen LogP contribution in [0.4, 0.5) is 5.69 Å². The summed E-state index contributed by atoms with van der Waals surface area (Å²) in [7, 11) is 0. The van der Waals surface area contributed by atoms with E-state index in [1.165, 1.54) is 11.1 Å². The van der Waals surface area contributed by atoms with Crippen molar-refractivity contribution in [2.24, 2.45) is 5.10 Å². The first kappa shape index (κ1) is 14.1. The van der Waals surface area contributed by atoms with Gasteiger partial charge in [-0.2, -0.15) is 5.10 Å². The highest BCUT2D eigenvalue weighted by Gasteiger charge is 2.01. The van der Waals surface area contributed by atoms with Crippen molar-refractivity contribution in [1.29, 1.82) is 0 Å². The van der Waals surface area contributed by atoms with Crippen molar-refractivity contribution < 1.29 is 5.11 Å². The fraction of sp³-hybridized carbons (Fsp3) is 0.111. The minimum absolute atomic E-state index is 0.176. The lowest BCUT2D eigenvalue weighted by Gasteiger charge is -2.04. The van der Waals surface area contributed by atoms with Crippen LogP contribution in [0.15, 0.2) is 53.6 Å². The van der Waals surface area contributed by atoms with Crippen molar-refractivity contribution in [2.75, 3.05) is 5.43 Å². The van der Waals surface area contributed by atoms with Gasteiger partial charge in [0.25, 0.3) is 0 Å². The number of hydrogen-bond donors (Lipinski definition) is 2. The highest BCUT2D eigenvalue weighted by Crippen LogP contribution is 2.22. The number of nitrogens with zero attached hydrogens (tertiary/aromatic N) is 2. The second kappa shape index (κ2) is 5.85. The van der Waals surface area contributed by atoms with Crippen LogP contribution < -0.4 is 5.43 Å². The summed E-state index contributed by atoms with van der Waals surface area (Å²) >= 11 is 0. The van der Waals surface area contributed by atoms with E-state index in [-0.39, 0.29) is 5.75 Å². The van der Waals surface area contributed by atoms with E-state index in [0.29, 0.717) is 11.2 Å². The number of hydrazone groups is 1. The maximum atomic E-state index is 9.83. The van der Waals surface area contributed by atoms with Crippen molar-refractivity contribution in [3.05, 3.63) is 65.4 Å². The van der Waals surface area contributed by atoms with Gasteiger partial charge in [0.05, 0.1) is 17.6 Å². The zero-order valence-electron chi connectivity index (χ0n) is 12.5. The number of aromatic hydroxyl groups is 1. The molecule has 2 N–H and O–H groups in total. The number of phenolic OH excluding ortho intramolecular Hbond substituents is 1. The molecule has 1 aromatic heterocycles. The number of rotatable bonds is 3. The molecule has 0 amide bonds. The Morgan fingerprint density at radius 1 is 1.05 bits per heavy atom. The zero-order valence-corrected chi connectivity index (χ0v) is 12.5. The summed E-state index contributed by atoms with van der Waals surface area (Å²) in [4.78, 5) is 4.40. The summed E-state index contributed by atoms with van der Waals surface area (Å²) in [5.74, 6) is 0.176. The Labute approximate surface area is 129 Å². The molecule has 0 saturated heterocycles. The van der Waals surface area contributed by atoms with E-state index < -0.39 is 0 Å². The van der Waals surface area contributed by atoms with Crippen LogP contribution in [0.5, 0.6) is 5.75 Å². The number of nitrogens with one attached hydrogen (secondary N) is 1. The minimum Gasteiger partial charge on any atom is -0.506 e. The van der Waals surface area contributed by atoms with Crippen molar-refractivity contribution in [3.8, 4) is 5.75 Å². The SMILES string of the molecule is Cc1ccc(N/N=C/c2ccc3cccc(O)c3n2)cc1C. The van der Waals surface area contributed by atoms with E-state index in [2.05, 4.69) is 35.4 Å². The van der Waals surface area contributed by atoms with E-state index in [0.717, 1.165) is 11.1 Å². The Morgan fingerprint density at radius 3 is 2.73 bits per heavy atom. The summed E-state index contributed by atoms with van der Waals surface area (Å²) in [6.07, 6.45) is 1.64. The first-order valence-electron chi connectivity index (χ1n) is 7.08. The average molecular weight is 291 g/mol. The van der Waals surface area contributed by atoms with E-state index in [1.54, 1.807) is 18.3 Å². The molecule has 110 valence electrons. The van der Waals surface area contributed by atoms with Crippen molar-refractivity contribution in [3.63, 3.8) is 0 Å². The average Bonchev–Trinajstić information content (AvgIpc) is 2.52. The van der Waals surface area contributed by atoms with Crippen LogP contribution in [0.2, 0.25) is 0 Å². The standard InChI is InChI=1S/C18H17N3O/c1-12-6-8-15(10-13(12)2)21-19-11-16-9-7-14-4-3-5-17(22)18(14)20-16/h3-11,21-22H,1-2H3/b19-11+. The molecule has 0 unspecified atom stereocenters. The monoisotopic (exact) mass is 291 g/mol. The fourth-order valence-corrected chi connectivity index (χ4v) is 2.20. The normalized spacial score (nSPS) is 11.2. The molecule has 0 aliphatic rings. The molecular weight excluding hydrogens is 274 g/mol. The Kier molecular flexibility index (Phi) is 3.74. The Balaban J connectivity index is 1.80. The Morgan fingerprint density at radius 2 is 1.91 bits per heavy atom. The topological polar surface area (TPSA) is 57.5 Å². The Bertz CT molecular complexity index is 856. The largest absolute Gasteiger partial charge is 0.506 e. The van der Waals surface area contributed by atoms with Gasteiger partial charge in [0.2, 0.25) is 0 Å². The fourth-order valence-electron chi connectivity index (χ4n) is 2.20. The summed E-state index contributed by atoms with van der Waals surface area (Å²) in [5.41, 5.74) is 7.66. The maximum Gasteiger partial charge on any atom is 0.141 e. The van der Waals surface area contributed by atoms with Crippen molar-refractivity contribution in [1.82, 2.24) is 4.98 Å². The van der Waals surface area contributed by atoms with Gasteiger partial charge in [0, 0.05) is 5.39 Å². The zero-order chi connectivity index (χ0) is 15.5. The Hall–Kier alpha value is -2.88. The van der Waals surface area contributed by atoms with Gasteiger partial charge in [-0.1, -0.05) is 24.3 Å². The molecule has 0 radical (unpaired) electrons. The summed E-state index contributed by atoms with van der Waals surface area (Å²) in [6, 6.07) is 15.2. The van der Waals surface area contributed by atoms with Crippen LogP contribution in [0.25, 0.3) is 10.9 Å². The van der Waals surface area contributed by atoms with E-state index in [1.807, 2.05) is 30.3 Å². The lowest BCUT2D eigenvalue weighted by molar-refractivity contribution is 0.480.